The summed E-state index contributed by atoms with van der Waals surface area (Å²) in [6, 6.07) is 0. The molecular formula is C19H40. The molecule has 0 aliphatic rings. The zero-order chi connectivity index (χ0) is 14.6. The van der Waals surface area contributed by atoms with Crippen molar-refractivity contribution in [2.24, 2.45) is 11.3 Å². The van der Waals surface area contributed by atoms with Gasteiger partial charge in [-0.25, -0.2) is 0 Å². The Kier molecular flexibility index (Phi) is 11.8. The van der Waals surface area contributed by atoms with Crippen molar-refractivity contribution in [3.8, 4) is 0 Å². The van der Waals surface area contributed by atoms with Crippen LogP contribution in [0, 0.1) is 11.3 Å². The predicted octanol–water partition coefficient (Wildman–Crippen LogP) is 7.37. The first kappa shape index (κ1) is 19.0. The SMILES string of the molecule is CCCCCCCC(C)(CCCC)C(C)CCCC. The van der Waals surface area contributed by atoms with Gasteiger partial charge in [0.1, 0.15) is 0 Å². The van der Waals surface area contributed by atoms with Crippen LogP contribution in [0.4, 0.5) is 0 Å². The van der Waals surface area contributed by atoms with E-state index in [0.29, 0.717) is 5.41 Å². The molecule has 0 spiro atoms. The zero-order valence-corrected chi connectivity index (χ0v) is 14.6. The highest BCUT2D eigenvalue weighted by Crippen LogP contribution is 2.40. The van der Waals surface area contributed by atoms with E-state index in [1.54, 1.807) is 0 Å². The minimum absolute atomic E-state index is 0.609. The van der Waals surface area contributed by atoms with Crippen LogP contribution < -0.4 is 0 Å². The fraction of sp³-hybridized carbons (Fsp3) is 1.00. The van der Waals surface area contributed by atoms with E-state index in [1.807, 2.05) is 0 Å². The molecule has 0 aromatic carbocycles. The average Bonchev–Trinajstić information content (AvgIpc) is 2.42. The highest BCUT2D eigenvalue weighted by molar-refractivity contribution is 4.80. The van der Waals surface area contributed by atoms with Crippen molar-refractivity contribution in [2.45, 2.75) is 112 Å². The summed E-state index contributed by atoms with van der Waals surface area (Å²) in [6.45, 7) is 12.0. The van der Waals surface area contributed by atoms with Gasteiger partial charge in [-0.15, -0.1) is 0 Å². The van der Waals surface area contributed by atoms with Crippen molar-refractivity contribution >= 4 is 0 Å². The lowest BCUT2D eigenvalue weighted by molar-refractivity contribution is 0.145. The lowest BCUT2D eigenvalue weighted by Crippen LogP contribution is -2.25. The first-order valence-electron chi connectivity index (χ1n) is 9.10. The molecule has 0 amide bonds. The van der Waals surface area contributed by atoms with Crippen LogP contribution in [0.3, 0.4) is 0 Å². The summed E-state index contributed by atoms with van der Waals surface area (Å²) in [5.41, 5.74) is 0.609. The maximum absolute atomic E-state index is 2.57. The third kappa shape index (κ3) is 8.71. The van der Waals surface area contributed by atoms with Gasteiger partial charge in [0.05, 0.1) is 0 Å². The number of rotatable bonds is 13. The van der Waals surface area contributed by atoms with Crippen molar-refractivity contribution in [3.63, 3.8) is 0 Å². The summed E-state index contributed by atoms with van der Waals surface area (Å²) in [4.78, 5) is 0. The molecule has 2 atom stereocenters. The summed E-state index contributed by atoms with van der Waals surface area (Å²) in [7, 11) is 0. The molecule has 0 aliphatic carbocycles. The van der Waals surface area contributed by atoms with Gasteiger partial charge in [-0.3, -0.25) is 0 Å². The Morgan fingerprint density at radius 2 is 1.21 bits per heavy atom. The molecule has 0 saturated carbocycles. The fourth-order valence-electron chi connectivity index (χ4n) is 3.19. The van der Waals surface area contributed by atoms with Crippen LogP contribution in [0.5, 0.6) is 0 Å². The Balaban J connectivity index is 4.16. The van der Waals surface area contributed by atoms with E-state index >= 15 is 0 Å². The van der Waals surface area contributed by atoms with Gasteiger partial charge in [-0.2, -0.15) is 0 Å². The molecule has 0 aliphatic heterocycles. The highest BCUT2D eigenvalue weighted by atomic mass is 14.3. The van der Waals surface area contributed by atoms with E-state index in [0.717, 1.165) is 5.92 Å². The number of unbranched alkanes of at least 4 members (excludes halogenated alkanes) is 6. The van der Waals surface area contributed by atoms with E-state index in [1.165, 1.54) is 77.0 Å². The second kappa shape index (κ2) is 11.8. The molecule has 0 saturated heterocycles. The molecule has 0 fully saturated rings. The number of hydrogen-bond acceptors (Lipinski definition) is 0. The Bertz CT molecular complexity index is 184. The van der Waals surface area contributed by atoms with Crippen LogP contribution in [-0.2, 0) is 0 Å². The molecule has 19 heavy (non-hydrogen) atoms. The van der Waals surface area contributed by atoms with Crippen molar-refractivity contribution in [1.82, 2.24) is 0 Å². The third-order valence-corrected chi connectivity index (χ3v) is 5.13. The van der Waals surface area contributed by atoms with Gasteiger partial charge in [-0.1, -0.05) is 98.8 Å². The maximum Gasteiger partial charge on any atom is -0.0300 e. The summed E-state index contributed by atoms with van der Waals surface area (Å²) in [6.07, 6.45) is 17.0. The van der Waals surface area contributed by atoms with E-state index in [-0.39, 0.29) is 0 Å². The van der Waals surface area contributed by atoms with E-state index in [4.69, 9.17) is 0 Å². The lowest BCUT2D eigenvalue weighted by atomic mass is 9.69. The first-order valence-corrected chi connectivity index (χ1v) is 9.10. The zero-order valence-electron chi connectivity index (χ0n) is 14.6. The lowest BCUT2D eigenvalue weighted by Gasteiger charge is -2.36. The van der Waals surface area contributed by atoms with Crippen molar-refractivity contribution in [1.29, 1.82) is 0 Å². The van der Waals surface area contributed by atoms with Gasteiger partial charge >= 0.3 is 0 Å². The van der Waals surface area contributed by atoms with Gasteiger partial charge < -0.3 is 0 Å². The van der Waals surface area contributed by atoms with Gasteiger partial charge in [0, 0.05) is 0 Å². The molecule has 0 rings (SSSR count). The smallest absolute Gasteiger partial charge is 0.0300 e. The summed E-state index contributed by atoms with van der Waals surface area (Å²) >= 11 is 0. The summed E-state index contributed by atoms with van der Waals surface area (Å²) < 4.78 is 0. The highest BCUT2D eigenvalue weighted by Gasteiger charge is 2.29. The van der Waals surface area contributed by atoms with Crippen LogP contribution >= 0.6 is 0 Å². The summed E-state index contributed by atoms with van der Waals surface area (Å²) in [5.74, 6) is 0.908. The molecule has 0 aromatic rings. The monoisotopic (exact) mass is 268 g/mol. The molecule has 116 valence electrons. The summed E-state index contributed by atoms with van der Waals surface area (Å²) in [5, 5.41) is 0. The molecule has 0 nitrogen and oxygen atoms in total. The molecule has 0 aromatic heterocycles. The van der Waals surface area contributed by atoms with Gasteiger partial charge in [0.2, 0.25) is 0 Å². The number of hydrogen-bond donors (Lipinski definition) is 0. The molecule has 0 radical (unpaired) electrons. The van der Waals surface area contributed by atoms with Crippen molar-refractivity contribution in [2.75, 3.05) is 0 Å². The molecule has 0 N–H and O–H groups in total. The minimum atomic E-state index is 0.609. The third-order valence-electron chi connectivity index (χ3n) is 5.13. The molecule has 2 unspecified atom stereocenters. The largest absolute Gasteiger partial charge is 0.0654 e. The molecule has 0 heteroatoms. The average molecular weight is 269 g/mol. The molecule has 0 bridgehead atoms. The standard InChI is InChI=1S/C19H40/c1-6-9-12-13-14-17-19(5,16-11-8-3)18(4)15-10-7-2/h18H,6-17H2,1-5H3. The van der Waals surface area contributed by atoms with Gasteiger partial charge in [-0.05, 0) is 24.2 Å². The van der Waals surface area contributed by atoms with Crippen molar-refractivity contribution in [3.05, 3.63) is 0 Å². The second-order valence-corrected chi connectivity index (χ2v) is 6.97. The van der Waals surface area contributed by atoms with Gasteiger partial charge in [0.15, 0.2) is 0 Å². The van der Waals surface area contributed by atoms with Crippen LogP contribution in [0.15, 0.2) is 0 Å². The molecular weight excluding hydrogens is 228 g/mol. The van der Waals surface area contributed by atoms with Gasteiger partial charge in [0.25, 0.3) is 0 Å². The topological polar surface area (TPSA) is 0 Å². The Morgan fingerprint density at radius 1 is 0.684 bits per heavy atom. The Morgan fingerprint density at radius 3 is 1.79 bits per heavy atom. The van der Waals surface area contributed by atoms with Crippen LogP contribution in [0.1, 0.15) is 112 Å². The Labute approximate surface area is 123 Å². The van der Waals surface area contributed by atoms with Crippen LogP contribution in [0.25, 0.3) is 0 Å². The quantitative estimate of drug-likeness (QED) is 0.306. The first-order chi connectivity index (χ1) is 9.10. The maximum atomic E-state index is 2.57. The Hall–Kier alpha value is 0. The second-order valence-electron chi connectivity index (χ2n) is 6.97. The van der Waals surface area contributed by atoms with E-state index in [9.17, 15) is 0 Å². The van der Waals surface area contributed by atoms with Crippen molar-refractivity contribution < 1.29 is 0 Å². The normalized spacial score (nSPS) is 16.3. The fourth-order valence-corrected chi connectivity index (χ4v) is 3.19. The van der Waals surface area contributed by atoms with Crippen LogP contribution in [-0.4, -0.2) is 0 Å². The predicted molar refractivity (Wildman–Crippen MR) is 89.7 cm³/mol. The van der Waals surface area contributed by atoms with E-state index < -0.39 is 0 Å². The van der Waals surface area contributed by atoms with Crippen LogP contribution in [0.2, 0.25) is 0 Å². The molecule has 0 heterocycles. The minimum Gasteiger partial charge on any atom is -0.0654 e. The van der Waals surface area contributed by atoms with E-state index in [2.05, 4.69) is 34.6 Å².